The standard InChI is InChI=1S/C9H10ClNO.C3H4/c10-8-5-6(11)1-4-9(8)12-7-2-3-7;1-3-2/h1,4-5,7H,2-3,11H2;1H,2H3. The van der Waals surface area contributed by atoms with Gasteiger partial charge in [-0.05, 0) is 38.0 Å². The summed E-state index contributed by atoms with van der Waals surface area (Å²) in [6, 6.07) is 5.32. The Morgan fingerprint density at radius 2 is 2.13 bits per heavy atom. The van der Waals surface area contributed by atoms with Crippen molar-refractivity contribution >= 4 is 17.3 Å². The minimum absolute atomic E-state index is 0.381. The Balaban J connectivity index is 0.000000337. The normalized spacial score (nSPS) is 13.4. The van der Waals surface area contributed by atoms with Crippen LogP contribution in [0.5, 0.6) is 5.75 Å². The van der Waals surface area contributed by atoms with E-state index in [4.69, 9.17) is 22.1 Å². The second kappa shape index (κ2) is 5.53. The summed E-state index contributed by atoms with van der Waals surface area (Å²) < 4.78 is 5.52. The molecule has 0 bridgehead atoms. The summed E-state index contributed by atoms with van der Waals surface area (Å²) in [7, 11) is 0. The largest absolute Gasteiger partial charge is 0.489 e. The Morgan fingerprint density at radius 3 is 2.60 bits per heavy atom. The van der Waals surface area contributed by atoms with Crippen LogP contribution in [-0.2, 0) is 0 Å². The Labute approximate surface area is 95.4 Å². The number of terminal acetylenes is 1. The molecule has 0 heterocycles. The van der Waals surface area contributed by atoms with Crippen LogP contribution in [0.2, 0.25) is 5.02 Å². The second-order valence-corrected chi connectivity index (χ2v) is 3.70. The van der Waals surface area contributed by atoms with Crippen molar-refractivity contribution in [3.8, 4) is 18.1 Å². The van der Waals surface area contributed by atoms with Gasteiger partial charge in [0.1, 0.15) is 5.75 Å². The first-order valence-electron chi connectivity index (χ1n) is 4.76. The number of rotatable bonds is 2. The number of hydrogen-bond donors (Lipinski definition) is 1. The predicted molar refractivity (Wildman–Crippen MR) is 64.0 cm³/mol. The highest BCUT2D eigenvalue weighted by atomic mass is 35.5. The van der Waals surface area contributed by atoms with E-state index in [1.165, 1.54) is 0 Å². The van der Waals surface area contributed by atoms with Gasteiger partial charge >= 0.3 is 0 Å². The van der Waals surface area contributed by atoms with E-state index in [9.17, 15) is 0 Å². The molecule has 0 aromatic heterocycles. The number of nitrogen functional groups attached to an aromatic ring is 1. The van der Waals surface area contributed by atoms with Gasteiger partial charge in [-0.25, -0.2) is 0 Å². The number of benzene rings is 1. The molecule has 80 valence electrons. The van der Waals surface area contributed by atoms with E-state index in [0.29, 0.717) is 16.8 Å². The number of halogens is 1. The van der Waals surface area contributed by atoms with E-state index in [1.807, 2.05) is 6.07 Å². The first kappa shape index (κ1) is 11.7. The van der Waals surface area contributed by atoms with Crippen molar-refractivity contribution in [2.75, 3.05) is 5.73 Å². The van der Waals surface area contributed by atoms with Gasteiger partial charge < -0.3 is 10.5 Å². The molecular formula is C12H14ClNO. The topological polar surface area (TPSA) is 35.2 Å². The van der Waals surface area contributed by atoms with Crippen LogP contribution in [0.4, 0.5) is 5.69 Å². The van der Waals surface area contributed by atoms with Gasteiger partial charge in [0.15, 0.2) is 0 Å². The zero-order valence-corrected chi connectivity index (χ0v) is 9.42. The molecule has 1 fully saturated rings. The lowest BCUT2D eigenvalue weighted by molar-refractivity contribution is 0.303. The molecule has 2 N–H and O–H groups in total. The summed E-state index contributed by atoms with van der Waals surface area (Å²) in [5.74, 6) is 2.99. The van der Waals surface area contributed by atoms with Gasteiger partial charge in [0.25, 0.3) is 0 Å². The summed E-state index contributed by atoms with van der Waals surface area (Å²) in [6.45, 7) is 1.65. The summed E-state index contributed by atoms with van der Waals surface area (Å²) in [4.78, 5) is 0. The lowest BCUT2D eigenvalue weighted by Crippen LogP contribution is -1.96. The number of nitrogens with two attached hydrogens (primary N) is 1. The molecule has 3 heteroatoms. The van der Waals surface area contributed by atoms with Crippen molar-refractivity contribution in [2.24, 2.45) is 0 Å². The van der Waals surface area contributed by atoms with Crippen molar-refractivity contribution in [3.05, 3.63) is 23.2 Å². The first-order valence-corrected chi connectivity index (χ1v) is 5.14. The molecule has 1 saturated carbocycles. The quantitative estimate of drug-likeness (QED) is 0.618. The molecule has 0 radical (unpaired) electrons. The molecule has 0 amide bonds. The number of hydrogen-bond acceptors (Lipinski definition) is 2. The zero-order valence-electron chi connectivity index (χ0n) is 8.66. The minimum Gasteiger partial charge on any atom is -0.489 e. The van der Waals surface area contributed by atoms with Crippen molar-refractivity contribution in [2.45, 2.75) is 25.9 Å². The zero-order chi connectivity index (χ0) is 11.3. The molecule has 2 rings (SSSR count). The molecule has 15 heavy (non-hydrogen) atoms. The van der Waals surface area contributed by atoms with Gasteiger partial charge in [-0.3, -0.25) is 0 Å². The van der Waals surface area contributed by atoms with Crippen LogP contribution in [0.15, 0.2) is 18.2 Å². The van der Waals surface area contributed by atoms with Crippen molar-refractivity contribution < 1.29 is 4.74 Å². The highest BCUT2D eigenvalue weighted by molar-refractivity contribution is 6.32. The maximum atomic E-state index is 5.90. The molecule has 0 aliphatic heterocycles. The summed E-state index contributed by atoms with van der Waals surface area (Å²) in [5, 5.41) is 0.599. The maximum absolute atomic E-state index is 5.90. The van der Waals surface area contributed by atoms with Crippen molar-refractivity contribution in [1.82, 2.24) is 0 Å². The van der Waals surface area contributed by atoms with Crippen LogP contribution in [-0.4, -0.2) is 6.10 Å². The lowest BCUT2D eigenvalue weighted by Gasteiger charge is -2.06. The molecule has 0 saturated heterocycles. The molecule has 1 aromatic rings. The Kier molecular flexibility index (Phi) is 4.33. The fraction of sp³-hybridized carbons (Fsp3) is 0.333. The Bertz CT molecular complexity index is 366. The average molecular weight is 224 g/mol. The summed E-state index contributed by atoms with van der Waals surface area (Å²) in [5.41, 5.74) is 6.20. The lowest BCUT2D eigenvalue weighted by atomic mass is 10.3. The molecule has 2 nitrogen and oxygen atoms in total. The fourth-order valence-corrected chi connectivity index (χ4v) is 1.21. The second-order valence-electron chi connectivity index (χ2n) is 3.30. The van der Waals surface area contributed by atoms with Gasteiger partial charge in [0.2, 0.25) is 0 Å². The maximum Gasteiger partial charge on any atom is 0.138 e. The molecule has 1 aromatic carbocycles. The van der Waals surface area contributed by atoms with Gasteiger partial charge in [-0.1, -0.05) is 11.6 Å². The Morgan fingerprint density at radius 1 is 1.53 bits per heavy atom. The van der Waals surface area contributed by atoms with E-state index in [-0.39, 0.29) is 0 Å². The van der Waals surface area contributed by atoms with E-state index < -0.39 is 0 Å². The number of anilines is 1. The molecule has 0 atom stereocenters. The van der Waals surface area contributed by atoms with E-state index in [1.54, 1.807) is 19.1 Å². The number of ether oxygens (including phenoxy) is 1. The van der Waals surface area contributed by atoms with Crippen molar-refractivity contribution in [1.29, 1.82) is 0 Å². The van der Waals surface area contributed by atoms with Crippen LogP contribution in [0.25, 0.3) is 0 Å². The van der Waals surface area contributed by atoms with Crippen LogP contribution >= 0.6 is 11.6 Å². The highest BCUT2D eigenvalue weighted by Gasteiger charge is 2.24. The van der Waals surface area contributed by atoms with E-state index >= 15 is 0 Å². The van der Waals surface area contributed by atoms with Crippen LogP contribution in [0.3, 0.4) is 0 Å². The molecule has 0 unspecified atom stereocenters. The van der Waals surface area contributed by atoms with Crippen molar-refractivity contribution in [3.63, 3.8) is 0 Å². The molecule has 1 aliphatic rings. The predicted octanol–water partition coefficient (Wildman–Crippen LogP) is 3.10. The Hall–Kier alpha value is -1.33. The van der Waals surface area contributed by atoms with E-state index in [0.717, 1.165) is 18.6 Å². The first-order chi connectivity index (χ1) is 7.17. The summed E-state index contributed by atoms with van der Waals surface area (Å²) in [6.07, 6.45) is 7.26. The molecular weight excluding hydrogens is 210 g/mol. The third-order valence-electron chi connectivity index (χ3n) is 1.77. The van der Waals surface area contributed by atoms with Crippen LogP contribution in [0.1, 0.15) is 19.8 Å². The van der Waals surface area contributed by atoms with Gasteiger partial charge in [0, 0.05) is 5.69 Å². The molecule has 1 aliphatic carbocycles. The van der Waals surface area contributed by atoms with Gasteiger partial charge in [-0.2, -0.15) is 0 Å². The highest BCUT2D eigenvalue weighted by Crippen LogP contribution is 2.32. The van der Waals surface area contributed by atoms with E-state index in [2.05, 4.69) is 12.3 Å². The SMILES string of the molecule is C#CC.Nc1ccc(OC2CC2)c(Cl)c1. The minimum atomic E-state index is 0.381. The fourth-order valence-electron chi connectivity index (χ4n) is 0.978. The van der Waals surface area contributed by atoms with Gasteiger partial charge in [-0.15, -0.1) is 12.3 Å². The third kappa shape index (κ3) is 4.14. The smallest absolute Gasteiger partial charge is 0.138 e. The summed E-state index contributed by atoms with van der Waals surface area (Å²) >= 11 is 5.90. The van der Waals surface area contributed by atoms with Gasteiger partial charge in [0.05, 0.1) is 11.1 Å². The monoisotopic (exact) mass is 223 g/mol. The third-order valence-corrected chi connectivity index (χ3v) is 2.07. The van der Waals surface area contributed by atoms with Crippen LogP contribution in [0, 0.1) is 12.3 Å². The van der Waals surface area contributed by atoms with Crippen LogP contribution < -0.4 is 10.5 Å². The average Bonchev–Trinajstić information content (AvgIpc) is 2.95. The molecule has 0 spiro atoms.